The molecule has 66 valence electrons. The summed E-state index contributed by atoms with van der Waals surface area (Å²) >= 11 is 0. The number of phenols is 1. The van der Waals surface area contributed by atoms with Crippen molar-refractivity contribution in [2.24, 2.45) is 11.5 Å². The third-order valence-electron chi connectivity index (χ3n) is 1.82. The molecule has 0 spiro atoms. The molecule has 0 saturated heterocycles. The molecule has 12 heavy (non-hydrogen) atoms. The van der Waals surface area contributed by atoms with Crippen LogP contribution in [0.3, 0.4) is 0 Å². The van der Waals surface area contributed by atoms with E-state index in [1.54, 1.807) is 12.1 Å². The molecule has 5 N–H and O–H groups in total. The van der Waals surface area contributed by atoms with Gasteiger partial charge in [0.2, 0.25) is 0 Å². The average Bonchev–Trinajstić information content (AvgIpc) is 2.05. The molecule has 0 amide bonds. The van der Waals surface area contributed by atoms with Crippen molar-refractivity contribution in [3.05, 3.63) is 29.3 Å². The zero-order valence-corrected chi connectivity index (χ0v) is 7.12. The molecule has 0 saturated carbocycles. The Morgan fingerprint density at radius 2 is 2.17 bits per heavy atom. The van der Waals surface area contributed by atoms with Crippen LogP contribution in [0.25, 0.3) is 0 Å². The van der Waals surface area contributed by atoms with E-state index in [9.17, 15) is 5.11 Å². The molecule has 0 radical (unpaired) electrons. The average molecular weight is 166 g/mol. The van der Waals surface area contributed by atoms with Gasteiger partial charge in [0.05, 0.1) is 0 Å². The molecule has 1 aromatic rings. The van der Waals surface area contributed by atoms with E-state index in [0.717, 1.165) is 11.1 Å². The lowest BCUT2D eigenvalue weighted by atomic mass is 10.0. The summed E-state index contributed by atoms with van der Waals surface area (Å²) in [5, 5.41) is 9.38. The second kappa shape index (κ2) is 3.56. The molecule has 0 aliphatic heterocycles. The third kappa shape index (κ3) is 1.75. The summed E-state index contributed by atoms with van der Waals surface area (Å²) in [6, 6.07) is 5.10. The maximum absolute atomic E-state index is 9.38. The van der Waals surface area contributed by atoms with E-state index < -0.39 is 0 Å². The minimum absolute atomic E-state index is 0.156. The van der Waals surface area contributed by atoms with Gasteiger partial charge in [0.15, 0.2) is 0 Å². The fourth-order valence-electron chi connectivity index (χ4n) is 1.10. The van der Waals surface area contributed by atoms with Gasteiger partial charge in [-0.15, -0.1) is 0 Å². The van der Waals surface area contributed by atoms with Crippen molar-refractivity contribution in [2.45, 2.75) is 19.5 Å². The van der Waals surface area contributed by atoms with Gasteiger partial charge >= 0.3 is 0 Å². The van der Waals surface area contributed by atoms with E-state index in [1.165, 1.54) is 0 Å². The molecule has 3 nitrogen and oxygen atoms in total. The SMILES string of the molecule is CC(N)c1cc(CN)ccc1O. The summed E-state index contributed by atoms with van der Waals surface area (Å²) in [4.78, 5) is 0. The van der Waals surface area contributed by atoms with Gasteiger partial charge in [0.25, 0.3) is 0 Å². The van der Waals surface area contributed by atoms with Crippen LogP contribution in [0.5, 0.6) is 5.75 Å². The Bertz CT molecular complexity index is 271. The largest absolute Gasteiger partial charge is 0.508 e. The molecular weight excluding hydrogens is 152 g/mol. The Hall–Kier alpha value is -1.06. The van der Waals surface area contributed by atoms with Gasteiger partial charge in [-0.2, -0.15) is 0 Å². The van der Waals surface area contributed by atoms with Crippen LogP contribution in [0.4, 0.5) is 0 Å². The highest BCUT2D eigenvalue weighted by atomic mass is 16.3. The highest BCUT2D eigenvalue weighted by Gasteiger charge is 2.05. The second-order valence-corrected chi connectivity index (χ2v) is 2.89. The Morgan fingerprint density at radius 1 is 1.50 bits per heavy atom. The van der Waals surface area contributed by atoms with Gasteiger partial charge in [-0.3, -0.25) is 0 Å². The molecule has 3 heteroatoms. The summed E-state index contributed by atoms with van der Waals surface area (Å²) < 4.78 is 0. The first-order chi connectivity index (χ1) is 5.65. The van der Waals surface area contributed by atoms with Crippen LogP contribution in [-0.4, -0.2) is 5.11 Å². The molecule has 1 atom stereocenters. The van der Waals surface area contributed by atoms with E-state index in [1.807, 2.05) is 13.0 Å². The van der Waals surface area contributed by atoms with Gasteiger partial charge in [0.1, 0.15) is 5.75 Å². The molecule has 0 fully saturated rings. The number of hydrogen-bond acceptors (Lipinski definition) is 3. The number of hydrogen-bond donors (Lipinski definition) is 3. The first-order valence-electron chi connectivity index (χ1n) is 3.92. The number of nitrogens with two attached hydrogens (primary N) is 2. The lowest BCUT2D eigenvalue weighted by molar-refractivity contribution is 0.463. The van der Waals surface area contributed by atoms with Gasteiger partial charge in [-0.1, -0.05) is 6.07 Å². The molecule has 0 heterocycles. The Labute approximate surface area is 72.0 Å². The summed E-state index contributed by atoms with van der Waals surface area (Å²) in [6.45, 7) is 2.30. The predicted molar refractivity (Wildman–Crippen MR) is 48.6 cm³/mol. The quantitative estimate of drug-likeness (QED) is 0.610. The summed E-state index contributed by atoms with van der Waals surface area (Å²) in [5.41, 5.74) is 12.8. The monoisotopic (exact) mass is 166 g/mol. The highest BCUT2D eigenvalue weighted by Crippen LogP contribution is 2.23. The van der Waals surface area contributed by atoms with Crippen LogP contribution in [0.2, 0.25) is 0 Å². The lowest BCUT2D eigenvalue weighted by Gasteiger charge is -2.09. The van der Waals surface area contributed by atoms with Gasteiger partial charge in [0, 0.05) is 18.2 Å². The Kier molecular flexibility index (Phi) is 2.68. The van der Waals surface area contributed by atoms with Gasteiger partial charge in [-0.05, 0) is 24.6 Å². The first kappa shape index (κ1) is 9.03. The van der Waals surface area contributed by atoms with Crippen molar-refractivity contribution in [2.75, 3.05) is 0 Å². The number of aromatic hydroxyl groups is 1. The van der Waals surface area contributed by atoms with Crippen LogP contribution in [0, 0.1) is 0 Å². The molecule has 1 aromatic carbocycles. The summed E-state index contributed by atoms with van der Waals surface area (Å²) in [5.74, 6) is 0.238. The van der Waals surface area contributed by atoms with Crippen LogP contribution in [-0.2, 0) is 6.54 Å². The summed E-state index contributed by atoms with van der Waals surface area (Å²) in [7, 11) is 0. The van der Waals surface area contributed by atoms with Crippen LogP contribution >= 0.6 is 0 Å². The van der Waals surface area contributed by atoms with Crippen molar-refractivity contribution in [3.8, 4) is 5.75 Å². The second-order valence-electron chi connectivity index (χ2n) is 2.89. The maximum atomic E-state index is 9.38. The molecule has 1 unspecified atom stereocenters. The van der Waals surface area contributed by atoms with E-state index in [-0.39, 0.29) is 11.8 Å². The van der Waals surface area contributed by atoms with Crippen molar-refractivity contribution in [1.82, 2.24) is 0 Å². The first-order valence-corrected chi connectivity index (χ1v) is 3.92. The topological polar surface area (TPSA) is 72.3 Å². The van der Waals surface area contributed by atoms with E-state index in [0.29, 0.717) is 6.54 Å². The Morgan fingerprint density at radius 3 is 2.67 bits per heavy atom. The van der Waals surface area contributed by atoms with Crippen molar-refractivity contribution in [3.63, 3.8) is 0 Å². The molecule has 0 aliphatic carbocycles. The predicted octanol–water partition coefficient (Wildman–Crippen LogP) is 0.871. The van der Waals surface area contributed by atoms with Crippen LogP contribution in [0.15, 0.2) is 18.2 Å². The normalized spacial score (nSPS) is 12.9. The van der Waals surface area contributed by atoms with Crippen molar-refractivity contribution in [1.29, 1.82) is 0 Å². The molecule has 0 aliphatic rings. The zero-order valence-electron chi connectivity index (χ0n) is 7.12. The molecule has 0 bridgehead atoms. The van der Waals surface area contributed by atoms with Crippen LogP contribution in [0.1, 0.15) is 24.1 Å². The number of benzene rings is 1. The van der Waals surface area contributed by atoms with E-state index in [2.05, 4.69) is 0 Å². The lowest BCUT2D eigenvalue weighted by Crippen LogP contribution is -2.06. The van der Waals surface area contributed by atoms with E-state index in [4.69, 9.17) is 11.5 Å². The third-order valence-corrected chi connectivity index (χ3v) is 1.82. The molecular formula is C9H14N2O. The number of phenolic OH excluding ortho intramolecular Hbond substituents is 1. The van der Waals surface area contributed by atoms with Crippen LogP contribution < -0.4 is 11.5 Å². The standard InChI is InChI=1S/C9H14N2O/c1-6(11)8-4-7(5-10)2-3-9(8)12/h2-4,6,12H,5,10-11H2,1H3. The Balaban J connectivity index is 3.08. The molecule has 0 aromatic heterocycles. The van der Waals surface area contributed by atoms with Gasteiger partial charge < -0.3 is 16.6 Å². The number of rotatable bonds is 2. The van der Waals surface area contributed by atoms with Crippen molar-refractivity contribution >= 4 is 0 Å². The highest BCUT2D eigenvalue weighted by molar-refractivity contribution is 5.37. The molecule has 1 rings (SSSR count). The van der Waals surface area contributed by atoms with E-state index >= 15 is 0 Å². The smallest absolute Gasteiger partial charge is 0.120 e. The maximum Gasteiger partial charge on any atom is 0.120 e. The van der Waals surface area contributed by atoms with Gasteiger partial charge in [-0.25, -0.2) is 0 Å². The minimum Gasteiger partial charge on any atom is -0.508 e. The fraction of sp³-hybridized carbons (Fsp3) is 0.333. The minimum atomic E-state index is -0.156. The fourth-order valence-corrected chi connectivity index (χ4v) is 1.10. The van der Waals surface area contributed by atoms with Crippen molar-refractivity contribution < 1.29 is 5.11 Å². The zero-order chi connectivity index (χ0) is 9.14. The summed E-state index contributed by atoms with van der Waals surface area (Å²) in [6.07, 6.45) is 0.